The Morgan fingerprint density at radius 1 is 1.21 bits per heavy atom. The predicted molar refractivity (Wildman–Crippen MR) is 69.0 cm³/mol. The van der Waals surface area contributed by atoms with Crippen LogP contribution in [0.2, 0.25) is 0 Å². The molecular weight excluding hydrogens is 248 g/mol. The first-order chi connectivity index (χ1) is 8.97. The monoisotopic (exact) mass is 264 g/mol. The van der Waals surface area contributed by atoms with Gasteiger partial charge in [0.25, 0.3) is 5.91 Å². The highest BCUT2D eigenvalue weighted by molar-refractivity contribution is 6.04. The zero-order valence-electron chi connectivity index (χ0n) is 10.8. The van der Waals surface area contributed by atoms with Crippen molar-refractivity contribution in [1.29, 1.82) is 0 Å². The van der Waals surface area contributed by atoms with Gasteiger partial charge in [-0.3, -0.25) is 9.59 Å². The van der Waals surface area contributed by atoms with Crippen LogP contribution in [0, 0.1) is 0 Å². The average molecular weight is 264 g/mol. The Bertz CT molecular complexity index is 499. The molecule has 102 valence electrons. The van der Waals surface area contributed by atoms with E-state index in [1.807, 2.05) is 0 Å². The molecule has 0 aromatic heterocycles. The van der Waals surface area contributed by atoms with Crippen molar-refractivity contribution in [3.05, 3.63) is 35.4 Å². The molecule has 1 aromatic carbocycles. The number of aromatic carboxylic acids is 1. The number of benzene rings is 1. The molecule has 1 aromatic rings. The summed E-state index contributed by atoms with van der Waals surface area (Å²) in [6.07, 6.45) is 0.175. The third kappa shape index (κ3) is 3.80. The summed E-state index contributed by atoms with van der Waals surface area (Å²) in [5.74, 6) is -1.74. The predicted octanol–water partition coefficient (Wildman–Crippen LogP) is 0.593. The second kappa shape index (κ2) is 6.53. The molecule has 1 rings (SSSR count). The second-order valence-corrected chi connectivity index (χ2v) is 4.00. The molecular formula is C13H16N2O4. The number of hydrogen-bond acceptors (Lipinski definition) is 3. The average Bonchev–Trinajstić information content (AvgIpc) is 2.43. The lowest BCUT2D eigenvalue weighted by Gasteiger charge is -2.17. The van der Waals surface area contributed by atoms with E-state index in [0.717, 1.165) is 0 Å². The van der Waals surface area contributed by atoms with Crippen molar-refractivity contribution < 1.29 is 19.5 Å². The number of carboxylic acid groups (broad SMARTS) is 1. The highest BCUT2D eigenvalue weighted by Gasteiger charge is 2.19. The molecule has 0 fully saturated rings. The number of hydrogen-bond donors (Lipinski definition) is 2. The van der Waals surface area contributed by atoms with Crippen molar-refractivity contribution in [3.63, 3.8) is 0 Å². The number of amides is 2. The van der Waals surface area contributed by atoms with Gasteiger partial charge in [-0.1, -0.05) is 12.1 Å². The quantitative estimate of drug-likeness (QED) is 0.815. The lowest BCUT2D eigenvalue weighted by molar-refractivity contribution is -0.120. The fourth-order valence-corrected chi connectivity index (χ4v) is 1.56. The maximum atomic E-state index is 12.1. The van der Waals surface area contributed by atoms with E-state index in [2.05, 4.69) is 5.32 Å². The van der Waals surface area contributed by atoms with Gasteiger partial charge in [-0.2, -0.15) is 0 Å². The zero-order chi connectivity index (χ0) is 14.4. The highest BCUT2D eigenvalue weighted by Crippen LogP contribution is 2.11. The Hall–Kier alpha value is -2.37. The van der Waals surface area contributed by atoms with Gasteiger partial charge in [0, 0.05) is 27.1 Å². The van der Waals surface area contributed by atoms with Gasteiger partial charge in [-0.05, 0) is 12.1 Å². The molecule has 0 bridgehead atoms. The smallest absolute Gasteiger partial charge is 0.336 e. The normalized spacial score (nSPS) is 9.79. The molecule has 2 amide bonds. The summed E-state index contributed by atoms with van der Waals surface area (Å²) in [5.41, 5.74) is 0.0775. The van der Waals surface area contributed by atoms with Crippen LogP contribution < -0.4 is 5.32 Å². The maximum absolute atomic E-state index is 12.1. The van der Waals surface area contributed by atoms with E-state index >= 15 is 0 Å². The van der Waals surface area contributed by atoms with Gasteiger partial charge in [0.15, 0.2) is 0 Å². The molecule has 2 N–H and O–H groups in total. The number of carbonyl (C=O) groups is 3. The van der Waals surface area contributed by atoms with E-state index in [0.29, 0.717) is 0 Å². The van der Waals surface area contributed by atoms with E-state index < -0.39 is 11.9 Å². The Morgan fingerprint density at radius 2 is 1.79 bits per heavy atom. The van der Waals surface area contributed by atoms with Crippen LogP contribution in [0.25, 0.3) is 0 Å². The SMILES string of the molecule is CNC(=O)CCN(C)C(=O)c1ccccc1C(=O)O. The summed E-state index contributed by atoms with van der Waals surface area (Å²) in [6.45, 7) is 0.229. The lowest BCUT2D eigenvalue weighted by Crippen LogP contribution is -2.32. The summed E-state index contributed by atoms with van der Waals surface area (Å²) in [4.78, 5) is 35.6. The molecule has 0 aliphatic rings. The van der Waals surface area contributed by atoms with E-state index in [4.69, 9.17) is 5.11 Å². The van der Waals surface area contributed by atoms with Gasteiger partial charge in [0.1, 0.15) is 0 Å². The first kappa shape index (κ1) is 14.7. The molecule has 0 radical (unpaired) electrons. The first-order valence-electron chi connectivity index (χ1n) is 5.75. The number of carbonyl (C=O) groups excluding carboxylic acids is 2. The third-order valence-corrected chi connectivity index (χ3v) is 2.69. The fraction of sp³-hybridized carbons (Fsp3) is 0.308. The molecule has 19 heavy (non-hydrogen) atoms. The van der Waals surface area contributed by atoms with Crippen molar-refractivity contribution in [1.82, 2.24) is 10.2 Å². The van der Waals surface area contributed by atoms with Gasteiger partial charge in [0.2, 0.25) is 5.91 Å². The summed E-state index contributed by atoms with van der Waals surface area (Å²) in [5, 5.41) is 11.5. The summed E-state index contributed by atoms with van der Waals surface area (Å²) >= 11 is 0. The summed E-state index contributed by atoms with van der Waals surface area (Å²) in [6, 6.07) is 6.00. The molecule has 6 nitrogen and oxygen atoms in total. The molecule has 0 saturated carbocycles. The minimum atomic E-state index is -1.15. The topological polar surface area (TPSA) is 86.7 Å². The number of nitrogens with zero attached hydrogens (tertiary/aromatic N) is 1. The van der Waals surface area contributed by atoms with Crippen molar-refractivity contribution in [2.24, 2.45) is 0 Å². The minimum absolute atomic E-state index is 0.0423. The Labute approximate surface area is 111 Å². The van der Waals surface area contributed by atoms with Crippen molar-refractivity contribution in [2.45, 2.75) is 6.42 Å². The van der Waals surface area contributed by atoms with E-state index in [1.165, 1.54) is 31.1 Å². The van der Waals surface area contributed by atoms with Gasteiger partial charge in [-0.15, -0.1) is 0 Å². The zero-order valence-corrected chi connectivity index (χ0v) is 10.8. The minimum Gasteiger partial charge on any atom is -0.478 e. The number of rotatable bonds is 5. The third-order valence-electron chi connectivity index (χ3n) is 2.69. The second-order valence-electron chi connectivity index (χ2n) is 4.00. The van der Waals surface area contributed by atoms with Crippen LogP contribution in [0.15, 0.2) is 24.3 Å². The summed E-state index contributed by atoms with van der Waals surface area (Å²) in [7, 11) is 3.05. The highest BCUT2D eigenvalue weighted by atomic mass is 16.4. The Kier molecular flexibility index (Phi) is 5.05. The van der Waals surface area contributed by atoms with Crippen LogP contribution in [0.1, 0.15) is 27.1 Å². The standard InChI is InChI=1S/C13H16N2O4/c1-14-11(16)7-8-15(2)12(17)9-5-3-4-6-10(9)13(18)19/h3-6H,7-8H2,1-2H3,(H,14,16)(H,18,19). The van der Waals surface area contributed by atoms with Crippen LogP contribution in [0.5, 0.6) is 0 Å². The van der Waals surface area contributed by atoms with Crippen LogP contribution in [-0.2, 0) is 4.79 Å². The molecule has 0 unspecified atom stereocenters. The maximum Gasteiger partial charge on any atom is 0.336 e. The van der Waals surface area contributed by atoms with E-state index in [-0.39, 0.29) is 30.0 Å². The Balaban J connectivity index is 2.82. The molecule has 6 heteroatoms. The van der Waals surface area contributed by atoms with Crippen molar-refractivity contribution in [3.8, 4) is 0 Å². The van der Waals surface area contributed by atoms with Gasteiger partial charge < -0.3 is 15.3 Å². The van der Waals surface area contributed by atoms with Crippen LogP contribution >= 0.6 is 0 Å². The van der Waals surface area contributed by atoms with Crippen molar-refractivity contribution in [2.75, 3.05) is 20.6 Å². The molecule has 0 spiro atoms. The van der Waals surface area contributed by atoms with Gasteiger partial charge >= 0.3 is 5.97 Å². The van der Waals surface area contributed by atoms with Gasteiger partial charge in [-0.25, -0.2) is 4.79 Å². The molecule has 0 heterocycles. The molecule has 0 aliphatic carbocycles. The molecule has 0 atom stereocenters. The van der Waals surface area contributed by atoms with Crippen LogP contribution in [0.4, 0.5) is 0 Å². The summed E-state index contributed by atoms with van der Waals surface area (Å²) < 4.78 is 0. The number of carboxylic acids is 1. The van der Waals surface area contributed by atoms with Crippen molar-refractivity contribution >= 4 is 17.8 Å². The van der Waals surface area contributed by atoms with Crippen LogP contribution in [-0.4, -0.2) is 48.4 Å². The largest absolute Gasteiger partial charge is 0.478 e. The lowest BCUT2D eigenvalue weighted by atomic mass is 10.1. The molecule has 0 aliphatic heterocycles. The fourth-order valence-electron chi connectivity index (χ4n) is 1.56. The number of nitrogens with one attached hydrogen (secondary N) is 1. The molecule has 0 saturated heterocycles. The van der Waals surface area contributed by atoms with E-state index in [9.17, 15) is 14.4 Å². The van der Waals surface area contributed by atoms with Gasteiger partial charge in [0.05, 0.1) is 11.1 Å². The van der Waals surface area contributed by atoms with Crippen LogP contribution in [0.3, 0.4) is 0 Å². The Morgan fingerprint density at radius 3 is 2.32 bits per heavy atom. The first-order valence-corrected chi connectivity index (χ1v) is 5.75. The van der Waals surface area contributed by atoms with E-state index in [1.54, 1.807) is 12.1 Å².